The molecule has 0 aliphatic rings. The van der Waals surface area contributed by atoms with Gasteiger partial charge in [-0.3, -0.25) is 4.79 Å². The van der Waals surface area contributed by atoms with Crippen molar-refractivity contribution in [1.29, 1.82) is 0 Å². The molecule has 0 amide bonds. The van der Waals surface area contributed by atoms with Gasteiger partial charge in [-0.2, -0.15) is 0 Å². The second-order valence-corrected chi connectivity index (χ2v) is 5.23. The lowest BCUT2D eigenvalue weighted by atomic mass is 10.0. The highest BCUT2D eigenvalue weighted by atomic mass is 127. The smallest absolute Gasteiger partial charge is 0.167 e. The Morgan fingerprint density at radius 1 is 1.24 bits per heavy atom. The summed E-state index contributed by atoms with van der Waals surface area (Å²) in [6, 6.07) is 11.2. The third-order valence-corrected chi connectivity index (χ3v) is 3.25. The third-order valence-electron chi connectivity index (χ3n) is 2.33. The van der Waals surface area contributed by atoms with Gasteiger partial charge in [0.25, 0.3) is 0 Å². The van der Waals surface area contributed by atoms with E-state index in [0.29, 0.717) is 17.1 Å². The Balaban J connectivity index is 2.14. The number of aromatic nitrogens is 1. The molecule has 0 unspecified atom stereocenters. The Bertz CT molecular complexity index is 539. The summed E-state index contributed by atoms with van der Waals surface area (Å²) >= 11 is 7.98. The highest BCUT2D eigenvalue weighted by Crippen LogP contribution is 2.12. The van der Waals surface area contributed by atoms with E-state index in [2.05, 4.69) is 27.6 Å². The van der Waals surface area contributed by atoms with Crippen molar-refractivity contribution in [3.63, 3.8) is 0 Å². The molecule has 1 aromatic heterocycles. The van der Waals surface area contributed by atoms with Crippen LogP contribution >= 0.6 is 34.2 Å². The Kier molecular flexibility index (Phi) is 4.12. The summed E-state index contributed by atoms with van der Waals surface area (Å²) in [4.78, 5) is 15.8. The molecule has 0 bridgehead atoms. The number of nitrogens with zero attached hydrogens (tertiary/aromatic N) is 1. The van der Waals surface area contributed by atoms with E-state index < -0.39 is 0 Å². The van der Waals surface area contributed by atoms with E-state index in [0.717, 1.165) is 9.13 Å². The molecule has 0 aliphatic heterocycles. The zero-order chi connectivity index (χ0) is 12.3. The van der Waals surface area contributed by atoms with Gasteiger partial charge < -0.3 is 0 Å². The summed E-state index contributed by atoms with van der Waals surface area (Å²) in [6.07, 6.45) is 1.93. The number of benzene rings is 1. The third kappa shape index (κ3) is 3.51. The van der Waals surface area contributed by atoms with Gasteiger partial charge in [0.1, 0.15) is 5.15 Å². The van der Waals surface area contributed by atoms with E-state index in [-0.39, 0.29) is 5.78 Å². The maximum atomic E-state index is 12.0. The number of Topliss-reactive ketones (excluding diaryl/α,β-unsaturated/α-hetero) is 1. The van der Waals surface area contributed by atoms with Gasteiger partial charge in [0.2, 0.25) is 0 Å². The molecule has 0 saturated heterocycles. The van der Waals surface area contributed by atoms with E-state index >= 15 is 0 Å². The molecule has 0 spiro atoms. The number of carbonyl (C=O) groups is 1. The van der Waals surface area contributed by atoms with Crippen molar-refractivity contribution in [1.82, 2.24) is 4.98 Å². The van der Waals surface area contributed by atoms with E-state index in [1.165, 1.54) is 0 Å². The number of hydrogen-bond donors (Lipinski definition) is 0. The van der Waals surface area contributed by atoms with Crippen LogP contribution in [-0.4, -0.2) is 10.8 Å². The van der Waals surface area contributed by atoms with E-state index in [9.17, 15) is 4.79 Å². The van der Waals surface area contributed by atoms with Crippen LogP contribution in [0.1, 0.15) is 15.9 Å². The molecule has 0 N–H and O–H groups in total. The Labute approximate surface area is 118 Å². The first-order chi connectivity index (χ1) is 8.15. The van der Waals surface area contributed by atoms with Crippen LogP contribution in [0.25, 0.3) is 0 Å². The molecule has 2 nitrogen and oxygen atoms in total. The molecule has 86 valence electrons. The van der Waals surface area contributed by atoms with E-state index in [1.54, 1.807) is 18.3 Å². The second kappa shape index (κ2) is 5.60. The largest absolute Gasteiger partial charge is 0.294 e. The fourth-order valence-corrected chi connectivity index (χ4v) is 2.00. The summed E-state index contributed by atoms with van der Waals surface area (Å²) in [6.45, 7) is 0. The lowest BCUT2D eigenvalue weighted by Crippen LogP contribution is -2.03. The van der Waals surface area contributed by atoms with E-state index in [4.69, 9.17) is 11.6 Å². The number of ketones is 1. The van der Waals surface area contributed by atoms with Crippen molar-refractivity contribution in [3.05, 3.63) is 62.4 Å². The predicted octanol–water partition coefficient (Wildman–Crippen LogP) is 3.77. The minimum atomic E-state index is 0.0514. The lowest BCUT2D eigenvalue weighted by molar-refractivity contribution is 0.0993. The predicted molar refractivity (Wildman–Crippen MR) is 76.4 cm³/mol. The molecule has 0 fully saturated rings. The maximum Gasteiger partial charge on any atom is 0.167 e. The molecular weight excluding hydrogens is 349 g/mol. The molecular formula is C13H9ClINO. The van der Waals surface area contributed by atoms with Crippen molar-refractivity contribution in [2.45, 2.75) is 6.42 Å². The average Bonchev–Trinajstić information content (AvgIpc) is 2.32. The first kappa shape index (κ1) is 12.5. The monoisotopic (exact) mass is 357 g/mol. The fraction of sp³-hybridized carbons (Fsp3) is 0.0769. The van der Waals surface area contributed by atoms with Crippen LogP contribution in [0.2, 0.25) is 5.15 Å². The van der Waals surface area contributed by atoms with Gasteiger partial charge in [0.05, 0.1) is 0 Å². The molecule has 17 heavy (non-hydrogen) atoms. The molecule has 4 heteroatoms. The Morgan fingerprint density at radius 2 is 1.94 bits per heavy atom. The highest BCUT2D eigenvalue weighted by Gasteiger charge is 2.07. The van der Waals surface area contributed by atoms with Gasteiger partial charge in [-0.1, -0.05) is 23.7 Å². The molecule has 0 saturated carbocycles. The summed E-state index contributed by atoms with van der Waals surface area (Å²) in [5.41, 5.74) is 1.60. The van der Waals surface area contributed by atoms with E-state index in [1.807, 2.05) is 24.3 Å². The van der Waals surface area contributed by atoms with Gasteiger partial charge in [0, 0.05) is 21.8 Å². The van der Waals surface area contributed by atoms with Crippen molar-refractivity contribution in [3.8, 4) is 0 Å². The normalized spacial score (nSPS) is 10.2. The van der Waals surface area contributed by atoms with Crippen LogP contribution in [0, 0.1) is 3.57 Å². The average molecular weight is 358 g/mol. The highest BCUT2D eigenvalue weighted by molar-refractivity contribution is 14.1. The minimum absolute atomic E-state index is 0.0514. The van der Waals surface area contributed by atoms with Crippen LogP contribution in [0.5, 0.6) is 0 Å². The molecule has 0 radical (unpaired) electrons. The van der Waals surface area contributed by atoms with Crippen LogP contribution < -0.4 is 0 Å². The molecule has 1 heterocycles. The zero-order valence-electron chi connectivity index (χ0n) is 8.86. The van der Waals surface area contributed by atoms with Crippen molar-refractivity contribution < 1.29 is 4.79 Å². The maximum absolute atomic E-state index is 12.0. The number of pyridine rings is 1. The van der Waals surface area contributed by atoms with Crippen LogP contribution in [0.4, 0.5) is 0 Å². The van der Waals surface area contributed by atoms with Crippen molar-refractivity contribution >= 4 is 40.0 Å². The molecule has 0 atom stereocenters. The summed E-state index contributed by atoms with van der Waals surface area (Å²) in [5.74, 6) is 0.0514. The summed E-state index contributed by atoms with van der Waals surface area (Å²) in [7, 11) is 0. The minimum Gasteiger partial charge on any atom is -0.294 e. The van der Waals surface area contributed by atoms with Crippen molar-refractivity contribution in [2.75, 3.05) is 0 Å². The van der Waals surface area contributed by atoms with Crippen LogP contribution in [0.3, 0.4) is 0 Å². The molecule has 0 aliphatic carbocycles. The Hall–Kier alpha value is -0.940. The SMILES string of the molecule is O=C(Cc1ccc(I)cc1)c1ccnc(Cl)c1. The number of hydrogen-bond acceptors (Lipinski definition) is 2. The van der Waals surface area contributed by atoms with Crippen molar-refractivity contribution in [2.24, 2.45) is 0 Å². The topological polar surface area (TPSA) is 30.0 Å². The van der Waals surface area contributed by atoms with Gasteiger partial charge in [-0.15, -0.1) is 0 Å². The zero-order valence-corrected chi connectivity index (χ0v) is 11.8. The summed E-state index contributed by atoms with van der Waals surface area (Å²) < 4.78 is 1.16. The first-order valence-electron chi connectivity index (χ1n) is 5.04. The van der Waals surface area contributed by atoms with Crippen LogP contribution in [0.15, 0.2) is 42.6 Å². The first-order valence-corrected chi connectivity index (χ1v) is 6.50. The summed E-state index contributed by atoms with van der Waals surface area (Å²) in [5, 5.41) is 0.346. The standard InChI is InChI=1S/C13H9ClINO/c14-13-8-10(5-6-16-13)12(17)7-9-1-3-11(15)4-2-9/h1-6,8H,7H2. The number of rotatable bonds is 3. The van der Waals surface area contributed by atoms with Gasteiger partial charge in [-0.05, 0) is 52.4 Å². The quantitative estimate of drug-likeness (QED) is 0.475. The second-order valence-electron chi connectivity index (χ2n) is 3.59. The fourth-order valence-electron chi connectivity index (χ4n) is 1.47. The van der Waals surface area contributed by atoms with Crippen LogP contribution in [-0.2, 0) is 6.42 Å². The number of carbonyl (C=O) groups excluding carboxylic acids is 1. The molecule has 2 aromatic rings. The Morgan fingerprint density at radius 3 is 2.59 bits per heavy atom. The van der Waals surface area contributed by atoms with Gasteiger partial charge in [-0.25, -0.2) is 4.98 Å². The lowest BCUT2D eigenvalue weighted by Gasteiger charge is -2.02. The van der Waals surface area contributed by atoms with Gasteiger partial charge in [0.15, 0.2) is 5.78 Å². The van der Waals surface area contributed by atoms with Gasteiger partial charge >= 0.3 is 0 Å². The number of halogens is 2. The molecule has 1 aromatic carbocycles. The molecule has 2 rings (SSSR count).